The van der Waals surface area contributed by atoms with Crippen LogP contribution in [-0.2, 0) is 23.7 Å². The van der Waals surface area contributed by atoms with Gasteiger partial charge in [-0.15, -0.1) is 0 Å². The van der Waals surface area contributed by atoms with E-state index in [9.17, 15) is 9.59 Å². The molecule has 2 aromatic rings. The molecule has 0 bridgehead atoms. The van der Waals surface area contributed by atoms with Gasteiger partial charge in [0.2, 0.25) is 5.91 Å². The number of nitrogens with one attached hydrogen (secondary N) is 2. The molecule has 2 N–H and O–H groups in total. The fourth-order valence-electron chi connectivity index (χ4n) is 2.64. The monoisotopic (exact) mass is 401 g/mol. The summed E-state index contributed by atoms with van der Waals surface area (Å²) < 4.78 is 1.50. The summed E-state index contributed by atoms with van der Waals surface area (Å²) in [5.74, 6) is -0.849. The van der Waals surface area contributed by atoms with Gasteiger partial charge in [-0.3, -0.25) is 14.3 Å². The quantitative estimate of drug-likeness (QED) is 0.725. The van der Waals surface area contributed by atoms with Gasteiger partial charge in [0.25, 0.3) is 5.91 Å². The van der Waals surface area contributed by atoms with E-state index in [0.29, 0.717) is 10.7 Å². The van der Waals surface area contributed by atoms with Crippen LogP contribution in [0.4, 0.5) is 0 Å². The van der Waals surface area contributed by atoms with E-state index in [1.807, 2.05) is 32.9 Å². The lowest BCUT2D eigenvalue weighted by molar-refractivity contribution is -0.122. The van der Waals surface area contributed by atoms with Crippen LogP contribution in [0.15, 0.2) is 30.3 Å². The van der Waals surface area contributed by atoms with Crippen molar-refractivity contribution in [1.82, 2.24) is 20.4 Å². The van der Waals surface area contributed by atoms with Crippen molar-refractivity contribution in [2.45, 2.75) is 38.6 Å². The Morgan fingerprint density at radius 1 is 1.32 bits per heavy atom. The summed E-state index contributed by atoms with van der Waals surface area (Å²) in [7, 11) is 1.69. The van der Waals surface area contributed by atoms with Gasteiger partial charge in [0.05, 0.1) is 11.8 Å². The Morgan fingerprint density at radius 2 is 2.04 bits per heavy atom. The Balaban J connectivity index is 2.24. The number of nitriles is 1. The van der Waals surface area contributed by atoms with Gasteiger partial charge in [-0.05, 0) is 23.8 Å². The molecule has 8 heteroatoms. The second-order valence-electron chi connectivity index (χ2n) is 7.52. The largest absolute Gasteiger partial charge is 0.341 e. The van der Waals surface area contributed by atoms with E-state index in [-0.39, 0.29) is 18.4 Å². The number of aromatic nitrogens is 2. The van der Waals surface area contributed by atoms with Gasteiger partial charge >= 0.3 is 0 Å². The molecule has 2 amide bonds. The molecule has 28 heavy (non-hydrogen) atoms. The van der Waals surface area contributed by atoms with Crippen molar-refractivity contribution in [3.05, 3.63) is 52.3 Å². The average molecular weight is 402 g/mol. The van der Waals surface area contributed by atoms with E-state index in [4.69, 9.17) is 16.9 Å². The molecular formula is C20H24ClN5O2. The summed E-state index contributed by atoms with van der Waals surface area (Å²) in [6.45, 7) is 5.89. The normalized spacial score (nSPS) is 12.1. The zero-order valence-electron chi connectivity index (χ0n) is 16.4. The number of halogens is 1. The summed E-state index contributed by atoms with van der Waals surface area (Å²) in [4.78, 5) is 25.3. The maximum atomic E-state index is 12.8. The Labute approximate surface area is 169 Å². The summed E-state index contributed by atoms with van der Waals surface area (Å²) in [6, 6.07) is 9.80. The van der Waals surface area contributed by atoms with E-state index in [1.165, 1.54) is 4.68 Å². The van der Waals surface area contributed by atoms with Gasteiger partial charge in [-0.1, -0.05) is 44.5 Å². The topological polar surface area (TPSA) is 99.8 Å². The highest BCUT2D eigenvalue weighted by Crippen LogP contribution is 2.21. The van der Waals surface area contributed by atoms with E-state index < -0.39 is 17.9 Å². The Morgan fingerprint density at radius 3 is 2.61 bits per heavy atom. The van der Waals surface area contributed by atoms with Crippen molar-refractivity contribution in [3.8, 4) is 6.07 Å². The van der Waals surface area contributed by atoms with Gasteiger partial charge < -0.3 is 10.6 Å². The van der Waals surface area contributed by atoms with Gasteiger partial charge in [0.1, 0.15) is 18.3 Å². The molecule has 0 aliphatic heterocycles. The summed E-state index contributed by atoms with van der Waals surface area (Å²) in [5, 5.41) is 18.9. The molecule has 0 aliphatic rings. The van der Waals surface area contributed by atoms with Crippen LogP contribution in [-0.4, -0.2) is 34.2 Å². The second-order valence-corrected chi connectivity index (χ2v) is 7.96. The van der Waals surface area contributed by atoms with Crippen LogP contribution in [0.1, 0.15) is 42.5 Å². The van der Waals surface area contributed by atoms with E-state index in [0.717, 1.165) is 11.3 Å². The number of carbonyl (C=O) groups is 2. The summed E-state index contributed by atoms with van der Waals surface area (Å²) in [6.07, 6.45) is 0.244. The van der Waals surface area contributed by atoms with Crippen molar-refractivity contribution in [2.24, 2.45) is 7.05 Å². The van der Waals surface area contributed by atoms with Crippen LogP contribution in [0.2, 0.25) is 5.02 Å². The first-order chi connectivity index (χ1) is 13.1. The van der Waals surface area contributed by atoms with Crippen molar-refractivity contribution in [1.29, 1.82) is 5.26 Å². The zero-order valence-corrected chi connectivity index (χ0v) is 17.2. The molecule has 148 valence electrons. The number of benzene rings is 1. The number of aryl methyl sites for hydroxylation is 1. The first-order valence-electron chi connectivity index (χ1n) is 8.86. The SMILES string of the molecule is Cn1nc(C(C)(C)C)cc1C(=O)N[C@H](Cc1cccc(Cl)c1)C(=O)NCC#N. The van der Waals surface area contributed by atoms with Crippen molar-refractivity contribution < 1.29 is 9.59 Å². The third-order valence-corrected chi connectivity index (χ3v) is 4.41. The molecule has 0 fully saturated rings. The minimum atomic E-state index is -0.854. The van der Waals surface area contributed by atoms with E-state index >= 15 is 0 Å². The fraction of sp³-hybridized carbons (Fsp3) is 0.400. The van der Waals surface area contributed by atoms with E-state index in [2.05, 4.69) is 15.7 Å². The number of amides is 2. The first-order valence-corrected chi connectivity index (χ1v) is 9.24. The maximum absolute atomic E-state index is 12.8. The summed E-state index contributed by atoms with van der Waals surface area (Å²) >= 11 is 6.02. The summed E-state index contributed by atoms with van der Waals surface area (Å²) in [5.41, 5.74) is 1.72. The highest BCUT2D eigenvalue weighted by Gasteiger charge is 2.26. The second kappa shape index (κ2) is 8.89. The lowest BCUT2D eigenvalue weighted by Crippen LogP contribution is -2.48. The van der Waals surface area contributed by atoms with E-state index in [1.54, 1.807) is 31.3 Å². The highest BCUT2D eigenvalue weighted by atomic mass is 35.5. The predicted molar refractivity (Wildman–Crippen MR) is 107 cm³/mol. The van der Waals surface area contributed by atoms with Crippen LogP contribution in [0.25, 0.3) is 0 Å². The molecule has 1 atom stereocenters. The Kier molecular flexibility index (Phi) is 6.81. The Hall–Kier alpha value is -2.85. The first kappa shape index (κ1) is 21.5. The molecular weight excluding hydrogens is 378 g/mol. The lowest BCUT2D eigenvalue weighted by Gasteiger charge is -2.18. The van der Waals surface area contributed by atoms with Crippen LogP contribution in [0, 0.1) is 11.3 Å². The van der Waals surface area contributed by atoms with Crippen molar-refractivity contribution in [2.75, 3.05) is 6.54 Å². The predicted octanol–water partition coefficient (Wildman–Crippen LogP) is 2.35. The molecule has 1 heterocycles. The minimum absolute atomic E-state index is 0.138. The minimum Gasteiger partial charge on any atom is -0.341 e. The van der Waals surface area contributed by atoms with Crippen LogP contribution in [0.3, 0.4) is 0 Å². The molecule has 1 aromatic heterocycles. The van der Waals surface area contributed by atoms with Crippen LogP contribution >= 0.6 is 11.6 Å². The van der Waals surface area contributed by atoms with Gasteiger partial charge in [-0.2, -0.15) is 10.4 Å². The molecule has 0 saturated heterocycles. The Bertz CT molecular complexity index is 908. The van der Waals surface area contributed by atoms with Gasteiger partial charge in [0.15, 0.2) is 0 Å². The number of hydrogen-bond acceptors (Lipinski definition) is 4. The molecule has 7 nitrogen and oxygen atoms in total. The average Bonchev–Trinajstić information content (AvgIpc) is 3.01. The molecule has 1 aromatic carbocycles. The van der Waals surface area contributed by atoms with Crippen molar-refractivity contribution in [3.63, 3.8) is 0 Å². The number of carbonyl (C=O) groups excluding carboxylic acids is 2. The van der Waals surface area contributed by atoms with Gasteiger partial charge in [0, 0.05) is 23.9 Å². The lowest BCUT2D eigenvalue weighted by atomic mass is 9.92. The molecule has 0 spiro atoms. The third kappa shape index (κ3) is 5.57. The van der Waals surface area contributed by atoms with Crippen LogP contribution < -0.4 is 10.6 Å². The molecule has 0 unspecified atom stereocenters. The fourth-order valence-corrected chi connectivity index (χ4v) is 2.85. The molecule has 0 saturated carbocycles. The maximum Gasteiger partial charge on any atom is 0.270 e. The highest BCUT2D eigenvalue weighted by molar-refractivity contribution is 6.30. The number of hydrogen-bond donors (Lipinski definition) is 2. The number of rotatable bonds is 6. The third-order valence-electron chi connectivity index (χ3n) is 4.17. The smallest absolute Gasteiger partial charge is 0.270 e. The van der Waals surface area contributed by atoms with Crippen molar-refractivity contribution >= 4 is 23.4 Å². The molecule has 0 aliphatic carbocycles. The number of nitrogens with zero attached hydrogens (tertiary/aromatic N) is 3. The standard InChI is InChI=1S/C20H24ClN5O2/c1-20(2,3)17-12-16(26(4)25-17)19(28)24-15(18(27)23-9-8-22)11-13-6-5-7-14(21)10-13/h5-7,10,12,15H,9,11H2,1-4H3,(H,23,27)(H,24,28)/t15-/m1/s1. The molecule has 2 rings (SSSR count). The molecule has 0 radical (unpaired) electrons. The zero-order chi connectivity index (χ0) is 20.9. The van der Waals surface area contributed by atoms with Gasteiger partial charge in [-0.25, -0.2) is 0 Å². The van der Waals surface area contributed by atoms with Crippen LogP contribution in [0.5, 0.6) is 0 Å².